The lowest BCUT2D eigenvalue weighted by molar-refractivity contribution is -0.158. The van der Waals surface area contributed by atoms with Crippen LogP contribution in [0, 0.1) is 5.92 Å². The van der Waals surface area contributed by atoms with E-state index in [1.807, 2.05) is 30.3 Å². The first-order valence-electron chi connectivity index (χ1n) is 13.0. The summed E-state index contributed by atoms with van der Waals surface area (Å²) >= 11 is 0. The SMILES string of the molecule is CC(C)(C)OC(=O)C[C@H](CC(CN=[N+]=[N-])O[Si](C)(C)C(C)(C)C)C(=O)N1C(=O)OC[C@@H]1Cc1ccccc1. The Hall–Kier alpha value is -2.88. The highest BCUT2D eigenvalue weighted by Gasteiger charge is 2.44. The fourth-order valence-electron chi connectivity index (χ4n) is 4.02. The fraction of sp³-hybridized carbons (Fsp3) is 0.667. The third kappa shape index (κ3) is 9.15. The fourth-order valence-corrected chi connectivity index (χ4v) is 5.38. The van der Waals surface area contributed by atoms with Crippen molar-refractivity contribution >= 4 is 26.3 Å². The molecule has 0 saturated carbocycles. The van der Waals surface area contributed by atoms with E-state index in [-0.39, 0.29) is 31.0 Å². The summed E-state index contributed by atoms with van der Waals surface area (Å²) in [5, 5.41) is 3.58. The van der Waals surface area contributed by atoms with Gasteiger partial charge in [-0.15, -0.1) is 0 Å². The Bertz CT molecular complexity index is 1030. The van der Waals surface area contributed by atoms with Gasteiger partial charge in [-0.1, -0.05) is 56.2 Å². The second-order valence-corrected chi connectivity index (χ2v) is 17.0. The van der Waals surface area contributed by atoms with E-state index >= 15 is 0 Å². The van der Waals surface area contributed by atoms with Crippen LogP contribution in [0.25, 0.3) is 10.4 Å². The van der Waals surface area contributed by atoms with Crippen LogP contribution in [0.2, 0.25) is 18.1 Å². The van der Waals surface area contributed by atoms with Crippen molar-refractivity contribution in [3.63, 3.8) is 0 Å². The quantitative estimate of drug-likeness (QED) is 0.110. The van der Waals surface area contributed by atoms with Crippen molar-refractivity contribution in [2.45, 2.75) is 96.7 Å². The molecule has 2 amide bonds. The summed E-state index contributed by atoms with van der Waals surface area (Å²) in [5.41, 5.74) is 9.19. The van der Waals surface area contributed by atoms with E-state index in [0.29, 0.717) is 6.42 Å². The molecule has 210 valence electrons. The zero-order valence-corrected chi connectivity index (χ0v) is 24.9. The van der Waals surface area contributed by atoms with Gasteiger partial charge in [-0.05, 0) is 62.8 Å². The highest BCUT2D eigenvalue weighted by Crippen LogP contribution is 2.38. The summed E-state index contributed by atoms with van der Waals surface area (Å²) in [6.07, 6.45) is -1.08. The van der Waals surface area contributed by atoms with Crippen molar-refractivity contribution in [2.75, 3.05) is 13.2 Å². The molecule has 38 heavy (non-hydrogen) atoms. The van der Waals surface area contributed by atoms with Gasteiger partial charge >= 0.3 is 12.1 Å². The summed E-state index contributed by atoms with van der Waals surface area (Å²) in [6, 6.07) is 9.02. The molecule has 0 N–H and O–H groups in total. The van der Waals surface area contributed by atoms with Crippen molar-refractivity contribution in [1.82, 2.24) is 4.90 Å². The van der Waals surface area contributed by atoms with Crippen LogP contribution in [0.3, 0.4) is 0 Å². The van der Waals surface area contributed by atoms with Crippen LogP contribution in [-0.4, -0.2) is 62.1 Å². The number of amides is 2. The summed E-state index contributed by atoms with van der Waals surface area (Å²) in [6.45, 7) is 15.7. The molecule has 0 aliphatic carbocycles. The van der Waals surface area contributed by atoms with E-state index in [4.69, 9.17) is 19.4 Å². The lowest BCUT2D eigenvalue weighted by Crippen LogP contribution is -2.48. The first-order valence-corrected chi connectivity index (χ1v) is 15.9. The second kappa shape index (κ2) is 12.8. The number of nitrogens with zero attached hydrogens (tertiary/aromatic N) is 4. The molecule has 0 radical (unpaired) electrons. The number of ether oxygens (including phenoxy) is 2. The molecule has 3 atom stereocenters. The Morgan fingerprint density at radius 3 is 2.37 bits per heavy atom. The molecule has 1 aliphatic rings. The highest BCUT2D eigenvalue weighted by molar-refractivity contribution is 6.74. The van der Waals surface area contributed by atoms with E-state index in [1.165, 1.54) is 0 Å². The average molecular weight is 547 g/mol. The average Bonchev–Trinajstić information content (AvgIpc) is 3.14. The molecule has 1 unspecified atom stereocenters. The summed E-state index contributed by atoms with van der Waals surface area (Å²) in [5.74, 6) is -2.01. The number of carbonyl (C=O) groups excluding carboxylic acids is 3. The van der Waals surface area contributed by atoms with E-state index < -0.39 is 50.0 Å². The van der Waals surface area contributed by atoms with Crippen LogP contribution in [0.15, 0.2) is 35.4 Å². The zero-order chi connectivity index (χ0) is 28.7. The molecule has 11 heteroatoms. The maximum Gasteiger partial charge on any atom is 0.416 e. The molecule has 1 fully saturated rings. The highest BCUT2D eigenvalue weighted by atomic mass is 28.4. The van der Waals surface area contributed by atoms with Crippen molar-refractivity contribution in [3.8, 4) is 0 Å². The zero-order valence-electron chi connectivity index (χ0n) is 23.9. The van der Waals surface area contributed by atoms with Gasteiger partial charge in [0.2, 0.25) is 5.91 Å². The molecule has 10 nitrogen and oxygen atoms in total. The van der Waals surface area contributed by atoms with Crippen LogP contribution in [0.4, 0.5) is 4.79 Å². The molecule has 1 aromatic carbocycles. The minimum Gasteiger partial charge on any atom is -0.460 e. The predicted octanol–water partition coefficient (Wildman–Crippen LogP) is 6.02. The van der Waals surface area contributed by atoms with Gasteiger partial charge in [0.05, 0.1) is 31.0 Å². The number of imide groups is 1. The standard InChI is InChI=1S/C27H42N4O6Si/c1-26(2,3)36-23(32)16-20(15-22(17-29-30-28)37-38(7,8)27(4,5)6)24(33)31-21(18-35-25(31)34)14-19-12-10-9-11-13-19/h9-13,20-22H,14-18H2,1-8H3/t20-,21-,22?/m0/s1. The van der Waals surface area contributed by atoms with Crippen molar-refractivity contribution in [3.05, 3.63) is 46.3 Å². The van der Waals surface area contributed by atoms with E-state index in [9.17, 15) is 14.4 Å². The number of hydrogen-bond donors (Lipinski definition) is 0. The molecule has 2 rings (SSSR count). The Morgan fingerprint density at radius 2 is 1.82 bits per heavy atom. The van der Waals surface area contributed by atoms with Gasteiger partial charge in [0.1, 0.15) is 12.2 Å². The number of esters is 1. The van der Waals surface area contributed by atoms with E-state index in [1.54, 1.807) is 20.8 Å². The minimum atomic E-state index is -2.32. The predicted molar refractivity (Wildman–Crippen MR) is 147 cm³/mol. The maximum atomic E-state index is 13.9. The monoisotopic (exact) mass is 546 g/mol. The van der Waals surface area contributed by atoms with Gasteiger partial charge in [0.25, 0.3) is 0 Å². The molecule has 0 aromatic heterocycles. The molecule has 1 aliphatic heterocycles. The first kappa shape index (κ1) is 31.3. The molecular weight excluding hydrogens is 504 g/mol. The third-order valence-electron chi connectivity index (χ3n) is 6.86. The molecule has 1 heterocycles. The maximum absolute atomic E-state index is 13.9. The van der Waals surface area contributed by atoms with Crippen LogP contribution < -0.4 is 0 Å². The van der Waals surface area contributed by atoms with Gasteiger partial charge in [0.15, 0.2) is 8.32 Å². The molecule has 0 bridgehead atoms. The van der Waals surface area contributed by atoms with Gasteiger partial charge in [-0.3, -0.25) is 9.59 Å². The number of cyclic esters (lactones) is 1. The topological polar surface area (TPSA) is 131 Å². The van der Waals surface area contributed by atoms with Crippen LogP contribution >= 0.6 is 0 Å². The number of carbonyl (C=O) groups is 3. The van der Waals surface area contributed by atoms with E-state index in [0.717, 1.165) is 10.5 Å². The summed E-state index contributed by atoms with van der Waals surface area (Å²) in [4.78, 5) is 43.5. The Balaban J connectivity index is 2.37. The molecule has 1 aromatic rings. The van der Waals surface area contributed by atoms with Gasteiger partial charge < -0.3 is 13.9 Å². The van der Waals surface area contributed by atoms with Crippen molar-refractivity contribution in [2.24, 2.45) is 11.0 Å². The first-order chi connectivity index (χ1) is 17.5. The van der Waals surface area contributed by atoms with Crippen LogP contribution in [0.1, 0.15) is 59.9 Å². The minimum absolute atomic E-state index is 0.000993. The third-order valence-corrected chi connectivity index (χ3v) is 11.4. The Morgan fingerprint density at radius 1 is 1.18 bits per heavy atom. The van der Waals surface area contributed by atoms with E-state index in [2.05, 4.69) is 43.9 Å². The molecular formula is C27H42N4O6Si. The second-order valence-electron chi connectivity index (χ2n) is 12.3. The van der Waals surface area contributed by atoms with Crippen LogP contribution in [0.5, 0.6) is 0 Å². The number of hydrogen-bond acceptors (Lipinski definition) is 7. The molecule has 1 saturated heterocycles. The van der Waals surface area contributed by atoms with Gasteiger partial charge in [-0.2, -0.15) is 0 Å². The van der Waals surface area contributed by atoms with Crippen LogP contribution in [-0.2, 0) is 29.9 Å². The summed E-state index contributed by atoms with van der Waals surface area (Å²) in [7, 11) is -2.32. The normalized spacial score (nSPS) is 17.8. The van der Waals surface area contributed by atoms with Gasteiger partial charge in [0, 0.05) is 4.91 Å². The Labute approximate surface area is 226 Å². The number of rotatable bonds is 11. The summed E-state index contributed by atoms with van der Waals surface area (Å²) < 4.78 is 17.3. The van der Waals surface area contributed by atoms with Gasteiger partial charge in [-0.25, -0.2) is 9.69 Å². The van der Waals surface area contributed by atoms with Crippen molar-refractivity contribution in [1.29, 1.82) is 0 Å². The lowest BCUT2D eigenvalue weighted by Gasteiger charge is -2.40. The largest absolute Gasteiger partial charge is 0.460 e. The number of azide groups is 1. The number of benzene rings is 1. The Kier molecular flexibility index (Phi) is 10.5. The lowest BCUT2D eigenvalue weighted by atomic mass is 9.94. The van der Waals surface area contributed by atoms with Crippen molar-refractivity contribution < 1.29 is 28.3 Å². The smallest absolute Gasteiger partial charge is 0.416 e. The molecule has 0 spiro atoms.